The molecule has 2 aliphatic heterocycles. The third-order valence-corrected chi connectivity index (χ3v) is 4.19. The normalized spacial score (nSPS) is 18.8. The molecule has 22 heavy (non-hydrogen) atoms. The van der Waals surface area contributed by atoms with Gasteiger partial charge in [-0.3, -0.25) is 14.7 Å². The third kappa shape index (κ3) is 3.31. The number of ether oxygens (including phenoxy) is 1. The van der Waals surface area contributed by atoms with E-state index in [2.05, 4.69) is 14.8 Å². The number of aliphatic hydroxyl groups is 1. The van der Waals surface area contributed by atoms with E-state index in [9.17, 15) is 4.79 Å². The van der Waals surface area contributed by atoms with Gasteiger partial charge in [0.05, 0.1) is 31.6 Å². The summed E-state index contributed by atoms with van der Waals surface area (Å²) in [6.07, 6.45) is 3.41. The molecule has 1 N–H and O–H groups in total. The van der Waals surface area contributed by atoms with E-state index in [0.29, 0.717) is 26.2 Å². The van der Waals surface area contributed by atoms with Crippen LogP contribution < -0.4 is 9.64 Å². The Labute approximate surface area is 130 Å². The number of carbonyl (C=O) groups is 1. The van der Waals surface area contributed by atoms with E-state index in [-0.39, 0.29) is 12.5 Å². The topological polar surface area (TPSA) is 69.1 Å². The minimum Gasteiger partial charge on any atom is -0.488 e. The molecule has 0 atom stereocenters. The summed E-state index contributed by atoms with van der Waals surface area (Å²) in [6.45, 7) is 5.65. The van der Waals surface area contributed by atoms with Gasteiger partial charge in [-0.1, -0.05) is 0 Å². The number of rotatable bonds is 4. The van der Waals surface area contributed by atoms with E-state index in [1.807, 2.05) is 11.0 Å². The number of nitrogens with zero attached hydrogens (tertiary/aromatic N) is 4. The quantitative estimate of drug-likeness (QED) is 0.802. The van der Waals surface area contributed by atoms with Gasteiger partial charge >= 0.3 is 0 Å². The van der Waals surface area contributed by atoms with Crippen molar-refractivity contribution in [1.82, 2.24) is 14.8 Å². The van der Waals surface area contributed by atoms with E-state index in [0.717, 1.165) is 37.6 Å². The van der Waals surface area contributed by atoms with Crippen molar-refractivity contribution >= 4 is 11.6 Å². The monoisotopic (exact) mass is 306 g/mol. The van der Waals surface area contributed by atoms with Gasteiger partial charge in [-0.2, -0.15) is 0 Å². The predicted octanol–water partition coefficient (Wildman–Crippen LogP) is -0.583. The van der Waals surface area contributed by atoms with Crippen LogP contribution in [-0.2, 0) is 4.79 Å². The van der Waals surface area contributed by atoms with E-state index < -0.39 is 0 Å². The zero-order valence-corrected chi connectivity index (χ0v) is 12.6. The van der Waals surface area contributed by atoms with Gasteiger partial charge < -0.3 is 19.6 Å². The zero-order valence-electron chi connectivity index (χ0n) is 12.6. The van der Waals surface area contributed by atoms with Gasteiger partial charge in [0.15, 0.2) is 5.75 Å². The van der Waals surface area contributed by atoms with Crippen LogP contribution in [0.4, 0.5) is 5.69 Å². The number of fused-ring (bicyclic) bond motifs is 1. The first kappa shape index (κ1) is 15.1. The predicted molar refractivity (Wildman–Crippen MR) is 82.1 cm³/mol. The number of pyridine rings is 1. The van der Waals surface area contributed by atoms with Crippen LogP contribution >= 0.6 is 0 Å². The Balaban J connectivity index is 1.57. The van der Waals surface area contributed by atoms with Gasteiger partial charge in [0, 0.05) is 38.9 Å². The second kappa shape index (κ2) is 6.93. The highest BCUT2D eigenvalue weighted by molar-refractivity contribution is 5.82. The van der Waals surface area contributed by atoms with Crippen LogP contribution in [0.5, 0.6) is 5.75 Å². The number of hydrogen-bond acceptors (Lipinski definition) is 6. The van der Waals surface area contributed by atoms with Gasteiger partial charge in [-0.05, 0) is 6.07 Å². The van der Waals surface area contributed by atoms with E-state index >= 15 is 0 Å². The summed E-state index contributed by atoms with van der Waals surface area (Å²) in [6, 6.07) is 1.89. The van der Waals surface area contributed by atoms with Crippen LogP contribution in [0, 0.1) is 0 Å². The first-order valence-electron chi connectivity index (χ1n) is 7.70. The van der Waals surface area contributed by atoms with E-state index in [1.54, 1.807) is 12.4 Å². The SMILES string of the molecule is O=C(CN1CCOc2cnccc21)N1CCN(CCO)CC1. The summed E-state index contributed by atoms with van der Waals surface area (Å²) in [4.78, 5) is 22.7. The maximum absolute atomic E-state index is 12.5. The summed E-state index contributed by atoms with van der Waals surface area (Å²) in [5.74, 6) is 0.891. The molecule has 1 aromatic heterocycles. The highest BCUT2D eigenvalue weighted by Crippen LogP contribution is 2.29. The Morgan fingerprint density at radius 3 is 2.86 bits per heavy atom. The minimum atomic E-state index is 0.147. The molecule has 3 heterocycles. The molecule has 7 heteroatoms. The molecular weight excluding hydrogens is 284 g/mol. The summed E-state index contributed by atoms with van der Waals surface area (Å²) in [7, 11) is 0. The first-order valence-corrected chi connectivity index (χ1v) is 7.70. The molecule has 1 aromatic rings. The van der Waals surface area contributed by atoms with Gasteiger partial charge in [0.2, 0.25) is 5.91 Å². The number of amides is 1. The van der Waals surface area contributed by atoms with Crippen molar-refractivity contribution in [2.24, 2.45) is 0 Å². The fraction of sp³-hybridized carbons (Fsp3) is 0.600. The number of anilines is 1. The number of aliphatic hydroxyl groups excluding tert-OH is 1. The lowest BCUT2D eigenvalue weighted by Gasteiger charge is -2.36. The molecule has 1 amide bonds. The van der Waals surface area contributed by atoms with Crippen LogP contribution in [0.1, 0.15) is 0 Å². The third-order valence-electron chi connectivity index (χ3n) is 4.19. The number of carbonyl (C=O) groups excluding carboxylic acids is 1. The lowest BCUT2D eigenvalue weighted by atomic mass is 10.2. The molecule has 0 bridgehead atoms. The Bertz CT molecular complexity index is 517. The maximum Gasteiger partial charge on any atom is 0.242 e. The molecule has 1 fully saturated rings. The van der Waals surface area contributed by atoms with Crippen LogP contribution in [0.2, 0.25) is 0 Å². The fourth-order valence-electron chi connectivity index (χ4n) is 2.92. The fourth-order valence-corrected chi connectivity index (χ4v) is 2.92. The van der Waals surface area contributed by atoms with Crippen LogP contribution in [0.25, 0.3) is 0 Å². The van der Waals surface area contributed by atoms with Crippen molar-refractivity contribution in [3.63, 3.8) is 0 Å². The molecule has 0 radical (unpaired) electrons. The van der Waals surface area contributed by atoms with E-state index in [1.165, 1.54) is 0 Å². The van der Waals surface area contributed by atoms with Crippen molar-refractivity contribution in [2.45, 2.75) is 0 Å². The van der Waals surface area contributed by atoms with Crippen LogP contribution in [0.3, 0.4) is 0 Å². The average molecular weight is 306 g/mol. The molecule has 0 aromatic carbocycles. The highest BCUT2D eigenvalue weighted by Gasteiger charge is 2.25. The van der Waals surface area contributed by atoms with E-state index in [4.69, 9.17) is 9.84 Å². The van der Waals surface area contributed by atoms with Gasteiger partial charge in [0.1, 0.15) is 6.61 Å². The molecule has 3 rings (SSSR count). The number of hydrogen-bond donors (Lipinski definition) is 1. The Morgan fingerprint density at radius 2 is 2.09 bits per heavy atom. The molecule has 0 unspecified atom stereocenters. The maximum atomic E-state index is 12.5. The Hall–Kier alpha value is -1.86. The Kier molecular flexibility index (Phi) is 4.74. The smallest absolute Gasteiger partial charge is 0.242 e. The molecule has 0 aliphatic carbocycles. The molecule has 0 saturated carbocycles. The minimum absolute atomic E-state index is 0.147. The molecule has 1 saturated heterocycles. The molecular formula is C15H22N4O3. The van der Waals surface area contributed by atoms with Gasteiger partial charge in [-0.15, -0.1) is 0 Å². The summed E-state index contributed by atoms with van der Waals surface area (Å²) >= 11 is 0. The largest absolute Gasteiger partial charge is 0.488 e. The zero-order chi connectivity index (χ0) is 15.4. The summed E-state index contributed by atoms with van der Waals surface area (Å²) in [5, 5.41) is 8.96. The number of β-amino-alcohol motifs (C(OH)–C–C–N with tert-alkyl or cyclic N) is 1. The van der Waals surface area contributed by atoms with Gasteiger partial charge in [-0.25, -0.2) is 0 Å². The van der Waals surface area contributed by atoms with Crippen LogP contribution in [0.15, 0.2) is 18.5 Å². The van der Waals surface area contributed by atoms with Crippen molar-refractivity contribution < 1.29 is 14.6 Å². The summed E-state index contributed by atoms with van der Waals surface area (Å²) in [5.41, 5.74) is 0.938. The number of piperazine rings is 1. The summed E-state index contributed by atoms with van der Waals surface area (Å²) < 4.78 is 5.56. The molecule has 2 aliphatic rings. The molecule has 0 spiro atoms. The van der Waals surface area contributed by atoms with Crippen molar-refractivity contribution in [3.8, 4) is 5.75 Å². The standard InChI is InChI=1S/C15H22N4O3/c20-9-7-17-3-5-18(6-4-17)15(21)12-19-8-10-22-14-11-16-2-1-13(14)19/h1-2,11,20H,3-10,12H2. The lowest BCUT2D eigenvalue weighted by molar-refractivity contribution is -0.131. The van der Waals surface area contributed by atoms with Crippen LogP contribution in [-0.4, -0.2) is 84.8 Å². The van der Waals surface area contributed by atoms with Crippen molar-refractivity contribution in [1.29, 1.82) is 0 Å². The second-order valence-electron chi connectivity index (χ2n) is 5.56. The average Bonchev–Trinajstić information content (AvgIpc) is 2.56. The highest BCUT2D eigenvalue weighted by atomic mass is 16.5. The number of aromatic nitrogens is 1. The van der Waals surface area contributed by atoms with Gasteiger partial charge in [0.25, 0.3) is 0 Å². The van der Waals surface area contributed by atoms with Crippen molar-refractivity contribution in [2.75, 3.05) is 63.9 Å². The molecule has 7 nitrogen and oxygen atoms in total. The lowest BCUT2D eigenvalue weighted by Crippen LogP contribution is -2.52. The van der Waals surface area contributed by atoms with Crippen molar-refractivity contribution in [3.05, 3.63) is 18.5 Å². The Morgan fingerprint density at radius 1 is 1.27 bits per heavy atom. The molecule has 120 valence electrons. The second-order valence-corrected chi connectivity index (χ2v) is 5.56. The first-order chi connectivity index (χ1) is 10.8.